The monoisotopic (exact) mass is 492 g/mol. The SMILES string of the molecule is CCn1c(SCC(=O)N(C)Cc2ccc(C)o2)nc2cc(S(=O)(=O)N3CCOCC3)ccc21. The van der Waals surface area contributed by atoms with Crippen LogP contribution in [0.15, 0.2) is 44.8 Å². The number of nitrogens with zero attached hydrogens (tertiary/aromatic N) is 4. The Morgan fingerprint density at radius 3 is 2.64 bits per heavy atom. The molecule has 0 saturated carbocycles. The highest BCUT2D eigenvalue weighted by Gasteiger charge is 2.27. The third-order valence-electron chi connectivity index (χ3n) is 5.55. The van der Waals surface area contributed by atoms with Crippen LogP contribution in [-0.2, 0) is 32.6 Å². The van der Waals surface area contributed by atoms with Crippen LogP contribution in [0.4, 0.5) is 0 Å². The molecular formula is C22H28N4O5S2. The molecule has 3 heterocycles. The minimum absolute atomic E-state index is 0.0423. The van der Waals surface area contributed by atoms with Gasteiger partial charge in [0.05, 0.1) is 41.4 Å². The maximum Gasteiger partial charge on any atom is 0.243 e. The van der Waals surface area contributed by atoms with Crippen LogP contribution in [0, 0.1) is 6.92 Å². The van der Waals surface area contributed by atoms with Gasteiger partial charge in [-0.05, 0) is 44.2 Å². The first-order chi connectivity index (χ1) is 15.8. The van der Waals surface area contributed by atoms with Crippen molar-refractivity contribution in [3.63, 3.8) is 0 Å². The van der Waals surface area contributed by atoms with Gasteiger partial charge < -0.3 is 18.6 Å². The van der Waals surface area contributed by atoms with Crippen molar-refractivity contribution in [2.45, 2.75) is 37.0 Å². The third-order valence-corrected chi connectivity index (χ3v) is 8.40. The number of carbonyl (C=O) groups is 1. The molecule has 9 nitrogen and oxygen atoms in total. The quantitative estimate of drug-likeness (QED) is 0.446. The van der Waals surface area contributed by atoms with Crippen molar-refractivity contribution in [3.05, 3.63) is 41.9 Å². The molecule has 1 amide bonds. The average Bonchev–Trinajstić information content (AvgIpc) is 3.39. The summed E-state index contributed by atoms with van der Waals surface area (Å²) in [5.41, 5.74) is 1.44. The lowest BCUT2D eigenvalue weighted by Crippen LogP contribution is -2.40. The predicted octanol–water partition coefficient (Wildman–Crippen LogP) is 2.73. The lowest BCUT2D eigenvalue weighted by atomic mass is 10.3. The van der Waals surface area contributed by atoms with E-state index in [0.717, 1.165) is 17.0 Å². The maximum absolute atomic E-state index is 13.0. The van der Waals surface area contributed by atoms with Crippen molar-refractivity contribution in [2.75, 3.05) is 39.1 Å². The molecule has 1 saturated heterocycles. The number of fused-ring (bicyclic) bond motifs is 1. The number of amides is 1. The van der Waals surface area contributed by atoms with E-state index in [0.29, 0.717) is 50.1 Å². The minimum Gasteiger partial charge on any atom is -0.464 e. The number of morpholine rings is 1. The first-order valence-electron chi connectivity index (χ1n) is 10.8. The molecule has 4 rings (SSSR count). The standard InChI is InChI=1S/C22H28N4O5S2/c1-4-26-20-8-7-18(33(28,29)25-9-11-30-12-10-25)13-19(20)23-22(26)32-15-21(27)24(3)14-17-6-5-16(2)31-17/h5-8,13H,4,9-12,14-15H2,1-3H3. The Balaban J connectivity index is 1.50. The summed E-state index contributed by atoms with van der Waals surface area (Å²) in [6.45, 7) is 6.41. The molecule has 1 aromatic carbocycles. The highest BCUT2D eigenvalue weighted by Crippen LogP contribution is 2.28. The van der Waals surface area contributed by atoms with E-state index in [1.807, 2.05) is 30.5 Å². The van der Waals surface area contributed by atoms with E-state index in [-0.39, 0.29) is 16.6 Å². The Labute approximate surface area is 197 Å². The third kappa shape index (κ3) is 5.11. The zero-order valence-corrected chi connectivity index (χ0v) is 20.6. The van der Waals surface area contributed by atoms with Crippen molar-refractivity contribution < 1.29 is 22.4 Å². The minimum atomic E-state index is -3.60. The smallest absolute Gasteiger partial charge is 0.243 e. The normalized spacial score (nSPS) is 15.2. The summed E-state index contributed by atoms with van der Waals surface area (Å²) in [7, 11) is -1.86. The number of hydrogen-bond donors (Lipinski definition) is 0. The van der Waals surface area contributed by atoms with Gasteiger partial charge in [0.1, 0.15) is 11.5 Å². The van der Waals surface area contributed by atoms with Gasteiger partial charge in [-0.25, -0.2) is 13.4 Å². The van der Waals surface area contributed by atoms with Crippen LogP contribution in [0.5, 0.6) is 0 Å². The van der Waals surface area contributed by atoms with Gasteiger partial charge in [-0.15, -0.1) is 0 Å². The zero-order valence-electron chi connectivity index (χ0n) is 19.0. The summed E-state index contributed by atoms with van der Waals surface area (Å²) in [6, 6.07) is 8.77. The topological polar surface area (TPSA) is 97.9 Å². The molecule has 3 aromatic rings. The highest BCUT2D eigenvalue weighted by atomic mass is 32.2. The van der Waals surface area contributed by atoms with Crippen molar-refractivity contribution in [1.82, 2.24) is 18.8 Å². The Kier molecular flexibility index (Phi) is 7.13. The number of thioether (sulfide) groups is 1. The predicted molar refractivity (Wildman–Crippen MR) is 126 cm³/mol. The van der Waals surface area contributed by atoms with Gasteiger partial charge in [-0.2, -0.15) is 4.31 Å². The molecule has 11 heteroatoms. The number of hydrogen-bond acceptors (Lipinski definition) is 7. The fourth-order valence-corrected chi connectivity index (χ4v) is 6.18. The molecule has 1 aliphatic rings. The van der Waals surface area contributed by atoms with Crippen molar-refractivity contribution in [2.24, 2.45) is 0 Å². The lowest BCUT2D eigenvalue weighted by Gasteiger charge is -2.26. The van der Waals surface area contributed by atoms with Crippen LogP contribution >= 0.6 is 11.8 Å². The summed E-state index contributed by atoms with van der Waals surface area (Å²) in [4.78, 5) is 19.1. The van der Waals surface area contributed by atoms with E-state index >= 15 is 0 Å². The van der Waals surface area contributed by atoms with Crippen molar-refractivity contribution in [1.29, 1.82) is 0 Å². The molecule has 178 valence electrons. The number of imidazole rings is 1. The second-order valence-corrected chi connectivity index (χ2v) is 10.7. The number of benzene rings is 1. The fourth-order valence-electron chi connectivity index (χ4n) is 3.73. The zero-order chi connectivity index (χ0) is 23.6. The molecule has 2 aromatic heterocycles. The Morgan fingerprint density at radius 1 is 1.21 bits per heavy atom. The van der Waals surface area contributed by atoms with Gasteiger partial charge in [0, 0.05) is 26.7 Å². The molecular weight excluding hydrogens is 464 g/mol. The Morgan fingerprint density at radius 2 is 1.97 bits per heavy atom. The van der Waals surface area contributed by atoms with Crippen LogP contribution in [0.2, 0.25) is 0 Å². The first kappa shape index (κ1) is 23.8. The van der Waals surface area contributed by atoms with E-state index in [1.165, 1.54) is 16.1 Å². The molecule has 33 heavy (non-hydrogen) atoms. The molecule has 1 fully saturated rings. The Bertz CT molecular complexity index is 1240. The van der Waals surface area contributed by atoms with Gasteiger partial charge in [0.15, 0.2) is 5.16 Å². The second kappa shape index (κ2) is 9.88. The largest absolute Gasteiger partial charge is 0.464 e. The fraction of sp³-hybridized carbons (Fsp3) is 0.455. The second-order valence-electron chi connectivity index (χ2n) is 7.86. The molecule has 0 aliphatic carbocycles. The number of rotatable bonds is 8. The van der Waals surface area contributed by atoms with Crippen molar-refractivity contribution >= 4 is 38.7 Å². The summed E-state index contributed by atoms with van der Waals surface area (Å²) in [5, 5.41) is 0.684. The first-order valence-corrected chi connectivity index (χ1v) is 13.2. The van der Waals surface area contributed by atoms with Crippen LogP contribution in [0.25, 0.3) is 11.0 Å². The van der Waals surface area contributed by atoms with E-state index < -0.39 is 10.0 Å². The number of ether oxygens (including phenoxy) is 1. The van der Waals surface area contributed by atoms with Crippen LogP contribution < -0.4 is 0 Å². The van der Waals surface area contributed by atoms with Gasteiger partial charge >= 0.3 is 0 Å². The molecule has 0 N–H and O–H groups in total. The molecule has 0 spiro atoms. The van der Waals surface area contributed by atoms with E-state index in [1.54, 1.807) is 30.1 Å². The van der Waals surface area contributed by atoms with Crippen LogP contribution in [0.3, 0.4) is 0 Å². The van der Waals surface area contributed by atoms with Crippen molar-refractivity contribution in [3.8, 4) is 0 Å². The molecule has 0 unspecified atom stereocenters. The maximum atomic E-state index is 13.0. The van der Waals surface area contributed by atoms with Gasteiger partial charge in [-0.1, -0.05) is 11.8 Å². The number of sulfonamides is 1. The summed E-state index contributed by atoms with van der Waals surface area (Å²) in [5.74, 6) is 1.73. The molecule has 0 radical (unpaired) electrons. The van der Waals surface area contributed by atoms with E-state index in [9.17, 15) is 13.2 Å². The summed E-state index contributed by atoms with van der Waals surface area (Å²) < 4.78 is 40.3. The van der Waals surface area contributed by atoms with E-state index in [2.05, 4.69) is 4.98 Å². The average molecular weight is 493 g/mol. The number of aromatic nitrogens is 2. The van der Waals surface area contributed by atoms with E-state index in [4.69, 9.17) is 9.15 Å². The van der Waals surface area contributed by atoms with Gasteiger partial charge in [0.2, 0.25) is 15.9 Å². The van der Waals surface area contributed by atoms with Crippen LogP contribution in [0.1, 0.15) is 18.4 Å². The molecule has 1 aliphatic heterocycles. The summed E-state index contributed by atoms with van der Waals surface area (Å²) in [6.07, 6.45) is 0. The highest BCUT2D eigenvalue weighted by molar-refractivity contribution is 7.99. The summed E-state index contributed by atoms with van der Waals surface area (Å²) >= 11 is 1.34. The van der Waals surface area contributed by atoms with Gasteiger partial charge in [0.25, 0.3) is 0 Å². The Hall–Kier alpha value is -2.34. The number of furan rings is 1. The van der Waals surface area contributed by atoms with Gasteiger partial charge in [-0.3, -0.25) is 4.79 Å². The molecule has 0 atom stereocenters. The molecule has 0 bridgehead atoms. The lowest BCUT2D eigenvalue weighted by molar-refractivity contribution is -0.127. The number of aryl methyl sites for hydroxylation is 2. The van der Waals surface area contributed by atoms with Crippen LogP contribution in [-0.4, -0.2) is 72.2 Å². The number of carbonyl (C=O) groups excluding carboxylic acids is 1.